The van der Waals surface area contributed by atoms with Gasteiger partial charge in [-0.1, -0.05) is 0 Å². The Balaban J connectivity index is 2.81. The minimum Gasteiger partial charge on any atom is -0.322 e. The number of anilines is 1. The number of fused-ring (bicyclic) bond motifs is 1. The van der Waals surface area contributed by atoms with Crippen molar-refractivity contribution < 1.29 is 0 Å². The van der Waals surface area contributed by atoms with Crippen LogP contribution in [0.25, 0.3) is 11.0 Å². The molecule has 0 fully saturated rings. The molecule has 2 aromatic heterocycles. The maximum Gasteiger partial charge on any atom is 0.182 e. The third-order valence-corrected chi connectivity index (χ3v) is 1.69. The van der Waals surface area contributed by atoms with Crippen molar-refractivity contribution in [2.45, 2.75) is 0 Å². The molecule has 0 aromatic carbocycles. The molecule has 0 aliphatic heterocycles. The number of nitrogen functional groups attached to an aromatic ring is 1. The van der Waals surface area contributed by atoms with Gasteiger partial charge >= 0.3 is 0 Å². The first-order chi connectivity index (χ1) is 5.83. The molecule has 2 aromatic rings. The number of aryl methyl sites for hydroxylation is 1. The predicted molar refractivity (Wildman–Crippen MR) is 44.1 cm³/mol. The highest BCUT2D eigenvalue weighted by molar-refractivity contribution is 5.87. The molecule has 0 saturated carbocycles. The lowest BCUT2D eigenvalue weighted by atomic mass is 10.3. The van der Waals surface area contributed by atoms with Gasteiger partial charge in [0.15, 0.2) is 5.65 Å². The van der Waals surface area contributed by atoms with Crippen LogP contribution in [0.3, 0.4) is 0 Å². The Bertz CT molecular complexity index is 405. The fourth-order valence-electron chi connectivity index (χ4n) is 1.07. The van der Waals surface area contributed by atoms with Gasteiger partial charge in [0.25, 0.3) is 0 Å². The summed E-state index contributed by atoms with van der Waals surface area (Å²) in [5.41, 5.74) is 3.97. The van der Waals surface area contributed by atoms with Gasteiger partial charge < -0.3 is 5.43 Å². The average Bonchev–Trinajstić information content (AvgIpc) is 2.48. The van der Waals surface area contributed by atoms with Crippen LogP contribution in [0.1, 0.15) is 0 Å². The second kappa shape index (κ2) is 2.42. The molecule has 0 amide bonds. The van der Waals surface area contributed by atoms with Crippen LogP contribution in [-0.2, 0) is 7.05 Å². The van der Waals surface area contributed by atoms with Crippen molar-refractivity contribution in [3.05, 3.63) is 12.4 Å². The topological polar surface area (TPSA) is 81.7 Å². The number of nitrogens with zero attached hydrogens (tertiary/aromatic N) is 4. The number of hydrogen-bond acceptors (Lipinski definition) is 5. The number of hydrazine groups is 1. The molecule has 0 unspecified atom stereocenters. The molecule has 2 rings (SSSR count). The van der Waals surface area contributed by atoms with Crippen molar-refractivity contribution in [2.24, 2.45) is 12.9 Å². The molecule has 6 heteroatoms. The molecule has 0 spiro atoms. The zero-order chi connectivity index (χ0) is 8.55. The van der Waals surface area contributed by atoms with Crippen LogP contribution in [-0.4, -0.2) is 20.0 Å². The molecular weight excluding hydrogens is 156 g/mol. The van der Waals surface area contributed by atoms with Crippen molar-refractivity contribution in [2.75, 3.05) is 5.43 Å². The van der Waals surface area contributed by atoms with E-state index in [2.05, 4.69) is 20.7 Å². The summed E-state index contributed by atoms with van der Waals surface area (Å²) in [6.07, 6.45) is 3.25. The predicted octanol–water partition coefficient (Wildman–Crippen LogP) is -0.351. The van der Waals surface area contributed by atoms with Gasteiger partial charge in [0.2, 0.25) is 0 Å². The zero-order valence-electron chi connectivity index (χ0n) is 6.52. The van der Waals surface area contributed by atoms with E-state index in [1.807, 2.05) is 0 Å². The van der Waals surface area contributed by atoms with Gasteiger partial charge in [-0.25, -0.2) is 4.68 Å². The second-order valence-corrected chi connectivity index (χ2v) is 2.41. The Morgan fingerprint density at radius 3 is 3.08 bits per heavy atom. The summed E-state index contributed by atoms with van der Waals surface area (Å²) < 4.78 is 1.64. The monoisotopic (exact) mass is 164 g/mol. The van der Waals surface area contributed by atoms with E-state index in [0.717, 1.165) is 11.1 Å². The van der Waals surface area contributed by atoms with E-state index < -0.39 is 0 Å². The van der Waals surface area contributed by atoms with Gasteiger partial charge in [0.05, 0.1) is 23.5 Å². The maximum atomic E-state index is 5.27. The molecule has 0 aliphatic rings. The third kappa shape index (κ3) is 0.817. The minimum absolute atomic E-state index is 0.713. The summed E-state index contributed by atoms with van der Waals surface area (Å²) in [6.45, 7) is 0. The molecular formula is C6H8N6. The maximum absolute atomic E-state index is 5.27. The molecule has 62 valence electrons. The van der Waals surface area contributed by atoms with E-state index >= 15 is 0 Å². The van der Waals surface area contributed by atoms with Crippen LogP contribution >= 0.6 is 0 Å². The van der Waals surface area contributed by atoms with Crippen LogP contribution in [0.4, 0.5) is 5.69 Å². The summed E-state index contributed by atoms with van der Waals surface area (Å²) in [7, 11) is 1.80. The lowest BCUT2D eigenvalue weighted by molar-refractivity contribution is 0.777. The summed E-state index contributed by atoms with van der Waals surface area (Å²) in [4.78, 5) is 0. The van der Waals surface area contributed by atoms with Crippen LogP contribution in [0.15, 0.2) is 12.4 Å². The third-order valence-electron chi connectivity index (χ3n) is 1.69. The van der Waals surface area contributed by atoms with Gasteiger partial charge in [-0.05, 0) is 0 Å². The average molecular weight is 164 g/mol. The number of nitrogens with one attached hydrogen (secondary N) is 1. The normalized spacial score (nSPS) is 10.5. The Kier molecular flexibility index (Phi) is 1.41. The number of nitrogens with two attached hydrogens (primary N) is 1. The molecule has 0 saturated heterocycles. The first kappa shape index (κ1) is 6.99. The van der Waals surface area contributed by atoms with Crippen molar-refractivity contribution in [3.63, 3.8) is 0 Å². The standard InChI is InChI=1S/C6H8N6/c1-12-6-4(2-9-12)5(10-7)3-8-11-6/h2-3H,7H2,1H3,(H,10,11). The molecule has 0 aliphatic carbocycles. The van der Waals surface area contributed by atoms with E-state index in [1.165, 1.54) is 0 Å². The number of aromatic nitrogens is 4. The molecule has 0 bridgehead atoms. The van der Waals surface area contributed by atoms with E-state index in [9.17, 15) is 0 Å². The molecule has 0 atom stereocenters. The highest BCUT2D eigenvalue weighted by Crippen LogP contribution is 2.17. The van der Waals surface area contributed by atoms with E-state index in [0.29, 0.717) is 5.65 Å². The fraction of sp³-hybridized carbons (Fsp3) is 0.167. The van der Waals surface area contributed by atoms with Crippen LogP contribution in [0.5, 0.6) is 0 Å². The largest absolute Gasteiger partial charge is 0.322 e. The number of rotatable bonds is 1. The van der Waals surface area contributed by atoms with Crippen molar-refractivity contribution in [3.8, 4) is 0 Å². The molecule has 3 N–H and O–H groups in total. The van der Waals surface area contributed by atoms with Crippen molar-refractivity contribution >= 4 is 16.7 Å². The lowest BCUT2D eigenvalue weighted by Crippen LogP contribution is -2.07. The molecule has 12 heavy (non-hydrogen) atoms. The smallest absolute Gasteiger partial charge is 0.182 e. The zero-order valence-corrected chi connectivity index (χ0v) is 6.52. The van der Waals surface area contributed by atoms with Gasteiger partial charge in [-0.3, -0.25) is 5.84 Å². The fourth-order valence-corrected chi connectivity index (χ4v) is 1.07. The Morgan fingerprint density at radius 2 is 2.33 bits per heavy atom. The first-order valence-corrected chi connectivity index (χ1v) is 3.43. The lowest BCUT2D eigenvalue weighted by Gasteiger charge is -1.98. The van der Waals surface area contributed by atoms with E-state index in [4.69, 9.17) is 5.84 Å². The SMILES string of the molecule is Cn1ncc2c(NN)cnnc21. The Hall–Kier alpha value is -1.69. The highest BCUT2D eigenvalue weighted by atomic mass is 15.3. The summed E-state index contributed by atoms with van der Waals surface area (Å²) in [5, 5.41) is 12.6. The number of hydrogen-bond donors (Lipinski definition) is 2. The summed E-state index contributed by atoms with van der Waals surface area (Å²) >= 11 is 0. The molecule has 2 heterocycles. The van der Waals surface area contributed by atoms with Gasteiger partial charge in [0.1, 0.15) is 0 Å². The quantitative estimate of drug-likeness (QED) is 0.444. The van der Waals surface area contributed by atoms with E-state index in [1.54, 1.807) is 24.1 Å². The van der Waals surface area contributed by atoms with Crippen LogP contribution in [0, 0.1) is 0 Å². The minimum atomic E-state index is 0.713. The highest BCUT2D eigenvalue weighted by Gasteiger charge is 2.04. The Labute approximate surface area is 68.4 Å². The van der Waals surface area contributed by atoms with Gasteiger partial charge in [-0.2, -0.15) is 10.2 Å². The molecule has 0 radical (unpaired) electrons. The second-order valence-electron chi connectivity index (χ2n) is 2.41. The summed E-state index contributed by atoms with van der Waals surface area (Å²) in [6, 6.07) is 0. The summed E-state index contributed by atoms with van der Waals surface area (Å²) in [5.74, 6) is 5.27. The van der Waals surface area contributed by atoms with Crippen LogP contribution in [0.2, 0.25) is 0 Å². The Morgan fingerprint density at radius 1 is 1.50 bits per heavy atom. The van der Waals surface area contributed by atoms with Gasteiger partial charge in [0, 0.05) is 7.05 Å². The molecule has 6 nitrogen and oxygen atoms in total. The van der Waals surface area contributed by atoms with E-state index in [-0.39, 0.29) is 0 Å². The van der Waals surface area contributed by atoms with Crippen molar-refractivity contribution in [1.82, 2.24) is 20.0 Å². The van der Waals surface area contributed by atoms with Crippen molar-refractivity contribution in [1.29, 1.82) is 0 Å². The van der Waals surface area contributed by atoms with Gasteiger partial charge in [-0.15, -0.1) is 5.10 Å². The first-order valence-electron chi connectivity index (χ1n) is 3.43. The van der Waals surface area contributed by atoms with Crippen LogP contribution < -0.4 is 11.3 Å².